The molecule has 0 aromatic carbocycles. The van der Waals surface area contributed by atoms with Crippen LogP contribution in [0, 0.1) is 58.2 Å². The second kappa shape index (κ2) is 9.91. The van der Waals surface area contributed by atoms with Crippen molar-refractivity contribution in [1.82, 2.24) is 10.2 Å². The quantitative estimate of drug-likeness (QED) is 0.365. The Morgan fingerprint density at radius 2 is 1.43 bits per heavy atom. The average molecular weight is 557 g/mol. The van der Waals surface area contributed by atoms with Gasteiger partial charge in [-0.05, 0) is 78.4 Å². The van der Waals surface area contributed by atoms with Gasteiger partial charge < -0.3 is 14.2 Å². The zero-order chi connectivity index (χ0) is 28.2. The first-order chi connectivity index (χ1) is 18.9. The molecule has 228 valence electrons. The Balaban J connectivity index is 1.28. The maximum absolute atomic E-state index is 7.49. The van der Waals surface area contributed by atoms with Crippen molar-refractivity contribution in [3.63, 3.8) is 0 Å². The summed E-state index contributed by atoms with van der Waals surface area (Å²) in [5.41, 5.74) is 0.152. The van der Waals surface area contributed by atoms with Gasteiger partial charge in [-0.1, -0.05) is 81.1 Å². The minimum Gasteiger partial charge on any atom is -0.359 e. The molecule has 40 heavy (non-hydrogen) atoms. The van der Waals surface area contributed by atoms with Gasteiger partial charge in [0.15, 0.2) is 0 Å². The molecule has 12 atom stereocenters. The van der Waals surface area contributed by atoms with Crippen molar-refractivity contribution in [3.05, 3.63) is 0 Å². The lowest BCUT2D eigenvalue weighted by atomic mass is 9.61. The normalized spacial score (nSPS) is 51.2. The molecule has 0 radical (unpaired) electrons. The Bertz CT molecular complexity index is 916. The van der Waals surface area contributed by atoms with Crippen LogP contribution >= 0.6 is 0 Å². The average Bonchev–Trinajstić information content (AvgIpc) is 3.38. The number of hydrogen-bond acceptors (Lipinski definition) is 5. The summed E-state index contributed by atoms with van der Waals surface area (Å²) in [7, 11) is 0. The van der Waals surface area contributed by atoms with Crippen molar-refractivity contribution in [1.29, 1.82) is 0 Å². The fourth-order valence-electron chi connectivity index (χ4n) is 10.9. The van der Waals surface area contributed by atoms with Crippen molar-refractivity contribution in [3.8, 4) is 0 Å². The topological polar surface area (TPSA) is 43.0 Å². The standard InChI is InChI=1S/C35H60N2O3/c1-20(2)21-13-14-24-26(16-21)35(39-28(33(3,4)5)18-29(40-35)34(6,7)8)37-19-36-32-30(31(24)37)25-15-22-11-9-10-12-23(22)17-27(25)38-32/h20-32,36H,9-19H2,1-8H3. The van der Waals surface area contributed by atoms with Gasteiger partial charge in [-0.15, -0.1) is 0 Å². The maximum Gasteiger partial charge on any atom is 0.235 e. The van der Waals surface area contributed by atoms with Crippen LogP contribution in [0.2, 0.25) is 0 Å². The van der Waals surface area contributed by atoms with Crippen molar-refractivity contribution in [2.75, 3.05) is 6.67 Å². The number of hydrogen-bond donors (Lipinski definition) is 1. The number of nitrogens with one attached hydrogen (secondary N) is 1. The van der Waals surface area contributed by atoms with Gasteiger partial charge in [-0.25, -0.2) is 4.90 Å². The maximum atomic E-state index is 7.49. The molecular weight excluding hydrogens is 496 g/mol. The first-order valence-corrected chi connectivity index (χ1v) is 17.4. The Morgan fingerprint density at radius 1 is 0.775 bits per heavy atom. The molecule has 0 amide bonds. The zero-order valence-electron chi connectivity index (χ0n) is 27.0. The Hall–Kier alpha value is -0.200. The van der Waals surface area contributed by atoms with Crippen LogP contribution in [0.5, 0.6) is 0 Å². The van der Waals surface area contributed by atoms with E-state index in [-0.39, 0.29) is 29.3 Å². The van der Waals surface area contributed by atoms with Crippen LogP contribution in [0.15, 0.2) is 0 Å². The third-order valence-electron chi connectivity index (χ3n) is 13.2. The molecule has 5 heteroatoms. The van der Waals surface area contributed by atoms with Gasteiger partial charge >= 0.3 is 0 Å². The van der Waals surface area contributed by atoms with Gasteiger partial charge in [0, 0.05) is 24.3 Å². The van der Waals surface area contributed by atoms with Crippen molar-refractivity contribution >= 4 is 0 Å². The number of rotatable bonds is 1. The van der Waals surface area contributed by atoms with E-state index in [1.54, 1.807) is 0 Å². The summed E-state index contributed by atoms with van der Waals surface area (Å²) in [5, 5.41) is 3.96. The zero-order valence-corrected chi connectivity index (χ0v) is 27.0. The number of ether oxygens (including phenoxy) is 3. The highest BCUT2D eigenvalue weighted by molar-refractivity contribution is 5.14. The molecule has 4 aliphatic heterocycles. The van der Waals surface area contributed by atoms with Gasteiger partial charge in [0.1, 0.15) is 6.23 Å². The Morgan fingerprint density at radius 3 is 2.05 bits per heavy atom. The van der Waals surface area contributed by atoms with Crippen molar-refractivity contribution in [2.24, 2.45) is 58.2 Å². The third-order valence-corrected chi connectivity index (χ3v) is 13.2. The van der Waals surface area contributed by atoms with E-state index in [1.807, 2.05) is 0 Å². The van der Waals surface area contributed by atoms with Crippen LogP contribution in [0.4, 0.5) is 0 Å². The smallest absolute Gasteiger partial charge is 0.235 e. The van der Waals surface area contributed by atoms with Crippen molar-refractivity contribution < 1.29 is 14.2 Å². The second-order valence-corrected chi connectivity index (χ2v) is 17.8. The highest BCUT2D eigenvalue weighted by Crippen LogP contribution is 2.63. The minimum absolute atomic E-state index is 0.0761. The molecular formula is C35H60N2O3. The summed E-state index contributed by atoms with van der Waals surface area (Å²) in [4.78, 5) is 2.75. The van der Waals surface area contributed by atoms with E-state index in [0.29, 0.717) is 41.7 Å². The van der Waals surface area contributed by atoms with Crippen LogP contribution in [0.25, 0.3) is 0 Å². The lowest BCUT2D eigenvalue weighted by molar-refractivity contribution is -0.415. The Kier molecular flexibility index (Phi) is 7.08. The van der Waals surface area contributed by atoms with Crippen LogP contribution in [0.3, 0.4) is 0 Å². The predicted octanol–water partition coefficient (Wildman–Crippen LogP) is 7.40. The molecule has 7 aliphatic rings. The molecule has 7 rings (SSSR count). The first kappa shape index (κ1) is 28.6. The molecule has 1 N–H and O–H groups in total. The van der Waals surface area contributed by atoms with Gasteiger partial charge in [0.05, 0.1) is 25.0 Å². The Labute approximate surface area is 245 Å². The summed E-state index contributed by atoms with van der Waals surface area (Å²) in [6.45, 7) is 20.0. The van der Waals surface area contributed by atoms with Crippen LogP contribution in [0.1, 0.15) is 120 Å². The number of nitrogens with zero attached hydrogens (tertiary/aromatic N) is 1. The van der Waals surface area contributed by atoms with Gasteiger partial charge in [-0.3, -0.25) is 5.32 Å². The summed E-state index contributed by atoms with van der Waals surface area (Å²) < 4.78 is 21.9. The summed E-state index contributed by atoms with van der Waals surface area (Å²) in [6, 6.07) is 0.499. The molecule has 0 aromatic rings. The van der Waals surface area contributed by atoms with E-state index < -0.39 is 5.91 Å². The van der Waals surface area contributed by atoms with Crippen LogP contribution in [-0.2, 0) is 14.2 Å². The van der Waals surface area contributed by atoms with Gasteiger partial charge in [-0.2, -0.15) is 0 Å². The van der Waals surface area contributed by atoms with E-state index in [4.69, 9.17) is 14.2 Å². The first-order valence-electron chi connectivity index (χ1n) is 17.4. The lowest BCUT2D eigenvalue weighted by Crippen LogP contribution is -2.68. The molecule has 0 aromatic heterocycles. The monoisotopic (exact) mass is 556 g/mol. The van der Waals surface area contributed by atoms with E-state index in [0.717, 1.165) is 30.8 Å². The highest BCUT2D eigenvalue weighted by atomic mass is 16.7. The van der Waals surface area contributed by atoms with Gasteiger partial charge in [0.2, 0.25) is 5.91 Å². The fourth-order valence-corrected chi connectivity index (χ4v) is 10.9. The number of fused-ring (bicyclic) bond motifs is 10. The van der Waals surface area contributed by atoms with Crippen LogP contribution in [-0.4, -0.2) is 48.1 Å². The molecule has 4 heterocycles. The largest absolute Gasteiger partial charge is 0.359 e. The molecule has 0 bridgehead atoms. The molecule has 4 saturated heterocycles. The predicted molar refractivity (Wildman–Crippen MR) is 159 cm³/mol. The molecule has 5 nitrogen and oxygen atoms in total. The SMILES string of the molecule is CC(C)C1CCC2C3C4C(NCN3C3(OC(C(C)(C)C)CC(C(C)(C)C)O3)C2C1)OC1CC2CCCCC2CC14. The summed E-state index contributed by atoms with van der Waals surface area (Å²) in [5.74, 6) is 4.97. The van der Waals surface area contributed by atoms with Gasteiger partial charge in [0.25, 0.3) is 0 Å². The van der Waals surface area contributed by atoms with E-state index in [2.05, 4.69) is 65.6 Å². The van der Waals surface area contributed by atoms with E-state index >= 15 is 0 Å². The molecule has 12 unspecified atom stereocenters. The molecule has 1 spiro atoms. The molecule has 3 aliphatic carbocycles. The highest BCUT2D eigenvalue weighted by Gasteiger charge is 2.71. The van der Waals surface area contributed by atoms with Crippen molar-refractivity contribution in [2.45, 2.75) is 156 Å². The second-order valence-electron chi connectivity index (χ2n) is 17.8. The summed E-state index contributed by atoms with van der Waals surface area (Å²) >= 11 is 0. The third kappa shape index (κ3) is 4.49. The van der Waals surface area contributed by atoms with E-state index in [1.165, 1.54) is 57.8 Å². The lowest BCUT2D eigenvalue weighted by Gasteiger charge is -2.56. The fraction of sp³-hybridized carbons (Fsp3) is 1.00. The molecule has 7 fully saturated rings. The van der Waals surface area contributed by atoms with E-state index in [9.17, 15) is 0 Å². The summed E-state index contributed by atoms with van der Waals surface area (Å²) in [6.07, 6.45) is 14.4. The molecule has 3 saturated carbocycles. The van der Waals surface area contributed by atoms with Crippen LogP contribution < -0.4 is 5.32 Å². The minimum atomic E-state index is -0.630.